The minimum Gasteiger partial charge on any atom is -0.484 e. The molecule has 0 amide bonds. The smallest absolute Gasteiger partial charge is 0.233 e. The molecule has 0 saturated heterocycles. The minimum atomic E-state index is -3.29. The van der Waals surface area contributed by atoms with E-state index in [1.807, 2.05) is 30.3 Å². The highest BCUT2D eigenvalue weighted by atomic mass is 32.2. The summed E-state index contributed by atoms with van der Waals surface area (Å²) in [5.41, 5.74) is 2.14. The second kappa shape index (κ2) is 8.12. The van der Waals surface area contributed by atoms with E-state index in [-0.39, 0.29) is 17.3 Å². The number of aromatic nitrogens is 1. The van der Waals surface area contributed by atoms with Crippen LogP contribution in [0.25, 0.3) is 22.6 Å². The van der Waals surface area contributed by atoms with Gasteiger partial charge in [-0.15, -0.1) is 0 Å². The highest BCUT2D eigenvalue weighted by Gasteiger charge is 2.18. The fourth-order valence-electron chi connectivity index (χ4n) is 2.94. The Morgan fingerprint density at radius 3 is 2.20 bits per heavy atom. The molecule has 0 fully saturated rings. The Kier molecular flexibility index (Phi) is 5.37. The van der Waals surface area contributed by atoms with Crippen molar-refractivity contribution in [1.29, 1.82) is 0 Å². The van der Waals surface area contributed by atoms with Crippen molar-refractivity contribution >= 4 is 9.84 Å². The monoisotopic (exact) mass is 423 g/mol. The molecule has 4 aromatic rings. The molecule has 0 saturated carbocycles. The Morgan fingerprint density at radius 1 is 0.900 bits per heavy atom. The molecule has 30 heavy (non-hydrogen) atoms. The summed E-state index contributed by atoms with van der Waals surface area (Å²) < 4.78 is 48.2. The Morgan fingerprint density at radius 2 is 1.57 bits per heavy atom. The van der Waals surface area contributed by atoms with Gasteiger partial charge in [0.2, 0.25) is 5.89 Å². The topological polar surface area (TPSA) is 69.4 Å². The maximum absolute atomic E-state index is 13.1. The van der Waals surface area contributed by atoms with E-state index in [1.165, 1.54) is 30.5 Å². The Bertz CT molecular complexity index is 1250. The second-order valence-electron chi connectivity index (χ2n) is 6.69. The summed E-state index contributed by atoms with van der Waals surface area (Å²) in [5.74, 6) is 1.06. The van der Waals surface area contributed by atoms with Gasteiger partial charge in [0.1, 0.15) is 17.3 Å². The third kappa shape index (κ3) is 4.41. The molecule has 0 spiro atoms. The lowest BCUT2D eigenvalue weighted by Gasteiger charge is -2.03. The van der Waals surface area contributed by atoms with E-state index < -0.39 is 9.84 Å². The second-order valence-corrected chi connectivity index (χ2v) is 8.71. The van der Waals surface area contributed by atoms with Crippen LogP contribution in [0.2, 0.25) is 0 Å². The van der Waals surface area contributed by atoms with E-state index in [9.17, 15) is 12.8 Å². The van der Waals surface area contributed by atoms with E-state index in [2.05, 4.69) is 4.98 Å². The van der Waals surface area contributed by atoms with E-state index >= 15 is 0 Å². The Hall–Kier alpha value is -3.45. The van der Waals surface area contributed by atoms with Crippen LogP contribution >= 0.6 is 0 Å². The van der Waals surface area contributed by atoms with E-state index in [0.29, 0.717) is 23.1 Å². The van der Waals surface area contributed by atoms with Crippen molar-refractivity contribution in [3.05, 3.63) is 90.6 Å². The van der Waals surface area contributed by atoms with Crippen LogP contribution in [0, 0.1) is 5.82 Å². The van der Waals surface area contributed by atoms with Gasteiger partial charge in [-0.1, -0.05) is 42.5 Å². The Labute approximate surface area is 173 Å². The lowest BCUT2D eigenvalue weighted by molar-refractivity contribution is 0.264. The number of ether oxygens (including phenoxy) is 1. The van der Waals surface area contributed by atoms with Crippen LogP contribution < -0.4 is 4.74 Å². The van der Waals surface area contributed by atoms with Crippen LogP contribution in [0.15, 0.2) is 88.2 Å². The van der Waals surface area contributed by atoms with E-state index in [0.717, 1.165) is 11.1 Å². The van der Waals surface area contributed by atoms with Gasteiger partial charge in [0.05, 0.1) is 4.90 Å². The molecule has 0 atom stereocenters. The molecule has 7 heteroatoms. The summed E-state index contributed by atoms with van der Waals surface area (Å²) in [6.07, 6.45) is 1.17. The predicted octanol–water partition coefficient (Wildman–Crippen LogP) is 5.13. The molecular weight excluding hydrogens is 405 g/mol. The SMILES string of the molecule is CS(=O)(=O)c1ccc(-c2nc(COc3ccc(F)cc3)oc2-c2ccccc2)cc1. The van der Waals surface area contributed by atoms with Crippen molar-refractivity contribution in [3.63, 3.8) is 0 Å². The van der Waals surface area contributed by atoms with Crippen molar-refractivity contribution in [1.82, 2.24) is 4.98 Å². The van der Waals surface area contributed by atoms with Crippen molar-refractivity contribution in [2.24, 2.45) is 0 Å². The standard InChI is InChI=1S/C23H18FNO4S/c1-30(26,27)20-13-7-16(8-14-20)22-23(17-5-3-2-4-6-17)29-21(25-22)15-28-19-11-9-18(24)10-12-19/h2-14H,15H2,1H3. The predicted molar refractivity (Wildman–Crippen MR) is 111 cm³/mol. The summed E-state index contributed by atoms with van der Waals surface area (Å²) in [6.45, 7) is 0.0624. The summed E-state index contributed by atoms with van der Waals surface area (Å²) in [5, 5.41) is 0. The first-order valence-electron chi connectivity index (χ1n) is 9.14. The van der Waals surface area contributed by atoms with Gasteiger partial charge in [-0.2, -0.15) is 0 Å². The zero-order chi connectivity index (χ0) is 21.1. The Balaban J connectivity index is 1.68. The van der Waals surface area contributed by atoms with Gasteiger partial charge in [0.15, 0.2) is 22.2 Å². The number of halogens is 1. The number of hydrogen-bond acceptors (Lipinski definition) is 5. The van der Waals surface area contributed by atoms with Gasteiger partial charge in [0.25, 0.3) is 0 Å². The van der Waals surface area contributed by atoms with Gasteiger partial charge in [-0.05, 0) is 36.4 Å². The fourth-order valence-corrected chi connectivity index (χ4v) is 3.57. The first-order valence-corrected chi connectivity index (χ1v) is 11.0. The largest absolute Gasteiger partial charge is 0.484 e. The van der Waals surface area contributed by atoms with Crippen molar-refractivity contribution in [3.8, 4) is 28.3 Å². The first kappa shape index (κ1) is 19.8. The lowest BCUT2D eigenvalue weighted by atomic mass is 10.1. The minimum absolute atomic E-state index is 0.0624. The maximum atomic E-state index is 13.1. The van der Waals surface area contributed by atoms with Crippen LogP contribution in [0.3, 0.4) is 0 Å². The highest BCUT2D eigenvalue weighted by Crippen LogP contribution is 2.33. The molecule has 0 bridgehead atoms. The third-order valence-electron chi connectivity index (χ3n) is 4.44. The van der Waals surface area contributed by atoms with Crippen LogP contribution in [0.5, 0.6) is 5.75 Å². The molecule has 0 aliphatic heterocycles. The number of oxazole rings is 1. The molecular formula is C23H18FNO4S. The molecule has 0 radical (unpaired) electrons. The van der Waals surface area contributed by atoms with Gasteiger partial charge in [0, 0.05) is 17.4 Å². The molecule has 0 N–H and O–H groups in total. The number of sulfone groups is 1. The van der Waals surface area contributed by atoms with Crippen LogP contribution in [0.4, 0.5) is 4.39 Å². The summed E-state index contributed by atoms with van der Waals surface area (Å²) in [7, 11) is -3.29. The molecule has 5 nitrogen and oxygen atoms in total. The van der Waals surface area contributed by atoms with Crippen molar-refractivity contribution in [2.45, 2.75) is 11.5 Å². The quantitative estimate of drug-likeness (QED) is 0.430. The number of rotatable bonds is 6. The summed E-state index contributed by atoms with van der Waals surface area (Å²) in [4.78, 5) is 4.80. The van der Waals surface area contributed by atoms with Gasteiger partial charge >= 0.3 is 0 Å². The van der Waals surface area contributed by atoms with Crippen molar-refractivity contribution < 1.29 is 22.0 Å². The zero-order valence-electron chi connectivity index (χ0n) is 16.1. The molecule has 0 aliphatic carbocycles. The van der Waals surface area contributed by atoms with Crippen molar-refractivity contribution in [2.75, 3.05) is 6.26 Å². The summed E-state index contributed by atoms with van der Waals surface area (Å²) >= 11 is 0. The normalized spacial score (nSPS) is 11.4. The van der Waals surface area contributed by atoms with Gasteiger partial charge < -0.3 is 9.15 Å². The average Bonchev–Trinajstić information content (AvgIpc) is 3.18. The third-order valence-corrected chi connectivity index (χ3v) is 5.57. The van der Waals surface area contributed by atoms with Gasteiger partial charge in [-0.25, -0.2) is 17.8 Å². The molecule has 3 aromatic carbocycles. The highest BCUT2D eigenvalue weighted by molar-refractivity contribution is 7.90. The fraction of sp³-hybridized carbons (Fsp3) is 0.0870. The zero-order valence-corrected chi connectivity index (χ0v) is 16.9. The van der Waals surface area contributed by atoms with Crippen LogP contribution in [-0.4, -0.2) is 19.7 Å². The van der Waals surface area contributed by atoms with E-state index in [4.69, 9.17) is 9.15 Å². The summed E-state index contributed by atoms with van der Waals surface area (Å²) in [6, 6.07) is 21.7. The molecule has 152 valence electrons. The number of hydrogen-bond donors (Lipinski definition) is 0. The molecule has 4 rings (SSSR count). The number of benzene rings is 3. The number of nitrogens with zero attached hydrogens (tertiary/aromatic N) is 1. The molecule has 0 unspecified atom stereocenters. The van der Waals surface area contributed by atoms with Crippen LogP contribution in [-0.2, 0) is 16.4 Å². The molecule has 1 heterocycles. The maximum Gasteiger partial charge on any atom is 0.233 e. The molecule has 0 aliphatic rings. The van der Waals surface area contributed by atoms with E-state index in [1.54, 1.807) is 24.3 Å². The van der Waals surface area contributed by atoms with Gasteiger partial charge in [-0.3, -0.25) is 0 Å². The average molecular weight is 423 g/mol. The molecule has 1 aromatic heterocycles. The lowest BCUT2D eigenvalue weighted by Crippen LogP contribution is -1.97. The first-order chi connectivity index (χ1) is 14.4. The van der Waals surface area contributed by atoms with Crippen LogP contribution in [0.1, 0.15) is 5.89 Å².